The second kappa shape index (κ2) is 5.70. The molecule has 0 bridgehead atoms. The Hall–Kier alpha value is -1.08. The van der Waals surface area contributed by atoms with Crippen LogP contribution in [0.5, 0.6) is 0 Å². The average Bonchev–Trinajstić information content (AvgIpc) is 2.45. The normalized spacial score (nSPS) is 11.9. The van der Waals surface area contributed by atoms with Gasteiger partial charge in [0.15, 0.2) is 0 Å². The van der Waals surface area contributed by atoms with Gasteiger partial charge in [0.2, 0.25) is 0 Å². The Kier molecular flexibility index (Phi) is 4.23. The second-order valence-electron chi connectivity index (χ2n) is 5.38. The molecule has 0 fully saturated rings. The van der Waals surface area contributed by atoms with Crippen LogP contribution in [0.25, 0.3) is 10.8 Å². The maximum absolute atomic E-state index is 2.39. The first-order valence-corrected chi connectivity index (χ1v) is 10.0. The van der Waals surface area contributed by atoms with Gasteiger partial charge in [-0.1, -0.05) is 81.4 Å². The van der Waals surface area contributed by atoms with E-state index in [2.05, 4.69) is 63.2 Å². The van der Waals surface area contributed by atoms with Crippen molar-refractivity contribution >= 4 is 18.8 Å². The molecule has 0 atom stereocenters. The van der Waals surface area contributed by atoms with Gasteiger partial charge in [-0.2, -0.15) is 0 Å². The summed E-state index contributed by atoms with van der Waals surface area (Å²) in [6.45, 7) is 7.18. The third-order valence-electron chi connectivity index (χ3n) is 4.70. The number of fused-ring (bicyclic) bond motifs is 1. The van der Waals surface area contributed by atoms with Gasteiger partial charge in [0.05, 0.1) is 8.07 Å². The SMILES string of the molecule is CC[Si](CC)(CC)Cc1cccc2ccccc12. The number of hydrogen-bond acceptors (Lipinski definition) is 0. The molecule has 0 aliphatic heterocycles. The summed E-state index contributed by atoms with van der Waals surface area (Å²) in [6, 6.07) is 21.2. The van der Waals surface area contributed by atoms with Crippen molar-refractivity contribution < 1.29 is 0 Å². The van der Waals surface area contributed by atoms with Crippen molar-refractivity contribution in [3.05, 3.63) is 48.0 Å². The summed E-state index contributed by atoms with van der Waals surface area (Å²) in [6.07, 6.45) is 0. The number of hydrogen-bond donors (Lipinski definition) is 0. The highest BCUT2D eigenvalue weighted by molar-refractivity contribution is 6.79. The highest BCUT2D eigenvalue weighted by atomic mass is 28.3. The molecule has 0 nitrogen and oxygen atoms in total. The van der Waals surface area contributed by atoms with Crippen molar-refractivity contribution in [1.29, 1.82) is 0 Å². The van der Waals surface area contributed by atoms with Gasteiger partial charge < -0.3 is 0 Å². The van der Waals surface area contributed by atoms with E-state index in [1.54, 1.807) is 5.56 Å². The van der Waals surface area contributed by atoms with Crippen LogP contribution in [0.1, 0.15) is 26.3 Å². The Balaban J connectivity index is 2.42. The summed E-state index contributed by atoms with van der Waals surface area (Å²) in [5.41, 5.74) is 1.57. The monoisotopic (exact) mass is 256 g/mol. The highest BCUT2D eigenvalue weighted by Crippen LogP contribution is 2.28. The summed E-state index contributed by atoms with van der Waals surface area (Å²) < 4.78 is 0. The van der Waals surface area contributed by atoms with E-state index in [0.29, 0.717) is 0 Å². The van der Waals surface area contributed by atoms with Crippen molar-refractivity contribution in [1.82, 2.24) is 0 Å². The van der Waals surface area contributed by atoms with Crippen LogP contribution in [-0.2, 0) is 6.04 Å². The maximum atomic E-state index is 2.39. The molecule has 18 heavy (non-hydrogen) atoms. The van der Waals surface area contributed by atoms with Gasteiger partial charge in [-0.3, -0.25) is 0 Å². The summed E-state index contributed by atoms with van der Waals surface area (Å²) in [4.78, 5) is 0. The van der Waals surface area contributed by atoms with Crippen LogP contribution in [0.15, 0.2) is 42.5 Å². The quantitative estimate of drug-likeness (QED) is 0.626. The fourth-order valence-corrected chi connectivity index (χ4v) is 6.34. The molecule has 0 unspecified atom stereocenters. The Labute approximate surface area is 112 Å². The number of benzene rings is 2. The predicted octanol–water partition coefficient (Wildman–Crippen LogP) is 5.43. The van der Waals surface area contributed by atoms with Gasteiger partial charge in [-0.05, 0) is 22.4 Å². The highest BCUT2D eigenvalue weighted by Gasteiger charge is 2.27. The Morgan fingerprint density at radius 3 is 2.06 bits per heavy atom. The summed E-state index contributed by atoms with van der Waals surface area (Å²) in [5.74, 6) is 0. The van der Waals surface area contributed by atoms with Crippen LogP contribution in [0, 0.1) is 0 Å². The molecule has 2 aromatic rings. The first kappa shape index (κ1) is 13.4. The minimum atomic E-state index is -1.08. The lowest BCUT2D eigenvalue weighted by molar-refractivity contribution is 1.11. The van der Waals surface area contributed by atoms with Gasteiger partial charge in [0, 0.05) is 0 Å². The van der Waals surface area contributed by atoms with Crippen LogP contribution in [0.4, 0.5) is 0 Å². The third kappa shape index (κ3) is 2.51. The van der Waals surface area contributed by atoms with Gasteiger partial charge in [-0.15, -0.1) is 0 Å². The average molecular weight is 256 g/mol. The molecule has 1 heteroatoms. The molecule has 0 N–H and O–H groups in total. The van der Waals surface area contributed by atoms with E-state index in [0.717, 1.165) is 0 Å². The molecule has 0 amide bonds. The fourth-order valence-electron chi connectivity index (χ4n) is 2.98. The van der Waals surface area contributed by atoms with Gasteiger partial charge >= 0.3 is 0 Å². The number of rotatable bonds is 5. The van der Waals surface area contributed by atoms with E-state index in [1.165, 1.54) is 34.9 Å². The topological polar surface area (TPSA) is 0 Å². The zero-order valence-electron chi connectivity index (χ0n) is 11.9. The maximum Gasteiger partial charge on any atom is 0.0571 e. The van der Waals surface area contributed by atoms with E-state index < -0.39 is 8.07 Å². The Morgan fingerprint density at radius 1 is 0.778 bits per heavy atom. The van der Waals surface area contributed by atoms with Crippen LogP contribution in [0.2, 0.25) is 18.1 Å². The largest absolute Gasteiger partial charge is 0.0678 e. The van der Waals surface area contributed by atoms with Gasteiger partial charge in [-0.25, -0.2) is 0 Å². The predicted molar refractivity (Wildman–Crippen MR) is 84.8 cm³/mol. The summed E-state index contributed by atoms with van der Waals surface area (Å²) in [7, 11) is -1.08. The molecule has 2 aromatic carbocycles. The fraction of sp³-hybridized carbons (Fsp3) is 0.412. The van der Waals surface area contributed by atoms with E-state index >= 15 is 0 Å². The molecule has 96 valence electrons. The van der Waals surface area contributed by atoms with Gasteiger partial charge in [0.1, 0.15) is 0 Å². The minimum Gasteiger partial charge on any atom is -0.0678 e. The molecular formula is C17H24Si. The van der Waals surface area contributed by atoms with Gasteiger partial charge in [0.25, 0.3) is 0 Å². The standard InChI is InChI=1S/C17H24Si/c1-4-18(5-2,6-3)14-16-12-9-11-15-10-7-8-13-17(15)16/h7-13H,4-6,14H2,1-3H3. The molecular weight excluding hydrogens is 232 g/mol. The molecule has 0 radical (unpaired) electrons. The lowest BCUT2D eigenvalue weighted by Gasteiger charge is -2.28. The van der Waals surface area contributed by atoms with E-state index in [9.17, 15) is 0 Å². The summed E-state index contributed by atoms with van der Waals surface area (Å²) >= 11 is 0. The lowest BCUT2D eigenvalue weighted by Crippen LogP contribution is -2.34. The Morgan fingerprint density at radius 2 is 1.39 bits per heavy atom. The lowest BCUT2D eigenvalue weighted by atomic mass is 10.1. The molecule has 0 saturated heterocycles. The third-order valence-corrected chi connectivity index (χ3v) is 10.3. The summed E-state index contributed by atoms with van der Waals surface area (Å²) in [5, 5.41) is 2.86. The van der Waals surface area contributed by atoms with E-state index in [-0.39, 0.29) is 0 Å². The first-order valence-electron chi connectivity index (χ1n) is 7.21. The zero-order chi connectivity index (χ0) is 13.0. The van der Waals surface area contributed by atoms with Crippen molar-refractivity contribution in [3.63, 3.8) is 0 Å². The van der Waals surface area contributed by atoms with E-state index in [4.69, 9.17) is 0 Å². The van der Waals surface area contributed by atoms with E-state index in [1.807, 2.05) is 0 Å². The molecule has 0 aliphatic carbocycles. The molecule has 2 rings (SSSR count). The first-order chi connectivity index (χ1) is 8.74. The van der Waals surface area contributed by atoms with Crippen LogP contribution in [0.3, 0.4) is 0 Å². The molecule has 0 saturated carbocycles. The van der Waals surface area contributed by atoms with Crippen LogP contribution >= 0.6 is 0 Å². The Bertz CT molecular complexity index is 498. The van der Waals surface area contributed by atoms with Crippen molar-refractivity contribution in [2.75, 3.05) is 0 Å². The van der Waals surface area contributed by atoms with Crippen LogP contribution in [-0.4, -0.2) is 8.07 Å². The zero-order valence-corrected chi connectivity index (χ0v) is 12.9. The van der Waals surface area contributed by atoms with Crippen molar-refractivity contribution in [3.8, 4) is 0 Å². The second-order valence-corrected chi connectivity index (χ2v) is 10.9. The molecule has 0 heterocycles. The molecule has 0 aromatic heterocycles. The smallest absolute Gasteiger partial charge is 0.0571 e. The molecule has 0 spiro atoms. The minimum absolute atomic E-state index is 1.08. The van der Waals surface area contributed by atoms with Crippen molar-refractivity contribution in [2.45, 2.75) is 44.9 Å². The molecule has 0 aliphatic rings. The van der Waals surface area contributed by atoms with Crippen LogP contribution < -0.4 is 0 Å². The van der Waals surface area contributed by atoms with Crippen molar-refractivity contribution in [2.24, 2.45) is 0 Å².